The Kier molecular flexibility index (Phi) is 4.58. The quantitative estimate of drug-likeness (QED) is 0.761. The number of para-hydroxylation sites is 2. The number of rotatable bonds is 4. The molecule has 0 fully saturated rings. The number of ether oxygens (including phenoxy) is 2. The number of nitrogens with zero attached hydrogens (tertiary/aromatic N) is 1. The van der Waals surface area contributed by atoms with Crippen LogP contribution in [-0.4, -0.2) is 23.1 Å². The summed E-state index contributed by atoms with van der Waals surface area (Å²) >= 11 is 1.47. The molecule has 0 saturated heterocycles. The molecule has 0 bridgehead atoms. The molecule has 2 aromatic carbocycles. The van der Waals surface area contributed by atoms with E-state index >= 15 is 0 Å². The van der Waals surface area contributed by atoms with E-state index in [0.717, 1.165) is 11.3 Å². The van der Waals surface area contributed by atoms with Crippen LogP contribution in [0.4, 0.5) is 5.13 Å². The van der Waals surface area contributed by atoms with Crippen molar-refractivity contribution >= 4 is 22.4 Å². The summed E-state index contributed by atoms with van der Waals surface area (Å²) < 4.78 is 11.6. The van der Waals surface area contributed by atoms with Gasteiger partial charge in [0.2, 0.25) is 6.10 Å². The van der Waals surface area contributed by atoms with Crippen molar-refractivity contribution in [3.05, 3.63) is 71.2 Å². The highest BCUT2D eigenvalue weighted by atomic mass is 32.1. The van der Waals surface area contributed by atoms with Crippen LogP contribution in [0.1, 0.15) is 17.4 Å². The Labute approximate surface area is 155 Å². The van der Waals surface area contributed by atoms with Crippen molar-refractivity contribution in [2.45, 2.75) is 25.6 Å². The molecule has 132 valence electrons. The predicted molar refractivity (Wildman–Crippen MR) is 101 cm³/mol. The van der Waals surface area contributed by atoms with Gasteiger partial charge >= 0.3 is 0 Å². The molecule has 0 aliphatic carbocycles. The first-order valence-electron chi connectivity index (χ1n) is 8.41. The zero-order valence-corrected chi connectivity index (χ0v) is 15.0. The number of hydrogen-bond acceptors (Lipinski definition) is 5. The molecular formula is C20H18N2O3S. The topological polar surface area (TPSA) is 60.5 Å². The summed E-state index contributed by atoms with van der Waals surface area (Å²) in [5, 5.41) is 3.41. The van der Waals surface area contributed by atoms with E-state index in [4.69, 9.17) is 9.47 Å². The summed E-state index contributed by atoms with van der Waals surface area (Å²) in [6, 6.07) is 17.5. The van der Waals surface area contributed by atoms with E-state index in [2.05, 4.69) is 22.4 Å². The Morgan fingerprint density at radius 1 is 1.08 bits per heavy atom. The molecule has 1 aliphatic heterocycles. The number of fused-ring (bicyclic) bond motifs is 1. The fourth-order valence-corrected chi connectivity index (χ4v) is 3.68. The summed E-state index contributed by atoms with van der Waals surface area (Å²) in [4.78, 5) is 18.0. The SMILES string of the molecule is C[C@H]1Oc2ccccc2O[C@@H]1C(=O)Nc1ncc(Cc2ccccc2)s1. The number of benzene rings is 2. The van der Waals surface area contributed by atoms with Gasteiger partial charge in [-0.1, -0.05) is 42.5 Å². The fraction of sp³-hybridized carbons (Fsp3) is 0.200. The molecule has 1 N–H and O–H groups in total. The van der Waals surface area contributed by atoms with Gasteiger partial charge in [0.05, 0.1) is 0 Å². The Balaban J connectivity index is 1.42. The highest BCUT2D eigenvalue weighted by Gasteiger charge is 2.34. The third kappa shape index (κ3) is 3.55. The molecule has 0 unspecified atom stereocenters. The van der Waals surface area contributed by atoms with Crippen molar-refractivity contribution in [3.8, 4) is 11.5 Å². The van der Waals surface area contributed by atoms with Gasteiger partial charge in [0.15, 0.2) is 16.6 Å². The van der Waals surface area contributed by atoms with E-state index in [1.807, 2.05) is 43.3 Å². The second-order valence-electron chi connectivity index (χ2n) is 6.09. The minimum absolute atomic E-state index is 0.257. The van der Waals surface area contributed by atoms with E-state index in [1.54, 1.807) is 12.3 Å². The lowest BCUT2D eigenvalue weighted by molar-refractivity contribution is -0.128. The Hall–Kier alpha value is -2.86. The van der Waals surface area contributed by atoms with Crippen molar-refractivity contribution in [2.24, 2.45) is 0 Å². The largest absolute Gasteiger partial charge is 0.482 e. The molecule has 0 spiro atoms. The van der Waals surface area contributed by atoms with Gasteiger partial charge in [-0.15, -0.1) is 11.3 Å². The minimum atomic E-state index is -0.716. The normalized spacial score (nSPS) is 18.3. The first-order valence-corrected chi connectivity index (χ1v) is 9.22. The van der Waals surface area contributed by atoms with Gasteiger partial charge in [-0.3, -0.25) is 10.1 Å². The highest BCUT2D eigenvalue weighted by Crippen LogP contribution is 2.34. The smallest absolute Gasteiger partial charge is 0.271 e. The zero-order valence-electron chi connectivity index (χ0n) is 14.2. The standard InChI is InChI=1S/C20H18N2O3S/c1-13-18(25-17-10-6-5-9-16(17)24-13)19(23)22-20-21-12-15(26-20)11-14-7-3-2-4-8-14/h2-10,12-13,18H,11H2,1H3,(H,21,22,23)/t13-,18+/m1/s1. The van der Waals surface area contributed by atoms with Crippen molar-refractivity contribution < 1.29 is 14.3 Å². The third-order valence-electron chi connectivity index (χ3n) is 4.11. The molecule has 2 heterocycles. The third-order valence-corrected chi connectivity index (χ3v) is 5.02. The lowest BCUT2D eigenvalue weighted by atomic mass is 10.1. The molecule has 3 aromatic rings. The van der Waals surface area contributed by atoms with Crippen LogP contribution in [0.15, 0.2) is 60.8 Å². The van der Waals surface area contributed by atoms with Gasteiger partial charge < -0.3 is 9.47 Å². The number of amides is 1. The Morgan fingerprint density at radius 3 is 2.54 bits per heavy atom. The van der Waals surface area contributed by atoms with Crippen LogP contribution >= 0.6 is 11.3 Å². The fourth-order valence-electron chi connectivity index (χ4n) is 2.83. The van der Waals surface area contributed by atoms with Crippen molar-refractivity contribution in [3.63, 3.8) is 0 Å². The Bertz CT molecular complexity index is 910. The molecule has 0 saturated carbocycles. The van der Waals surface area contributed by atoms with Gasteiger partial charge in [0.1, 0.15) is 6.10 Å². The van der Waals surface area contributed by atoms with Crippen LogP contribution in [0.2, 0.25) is 0 Å². The van der Waals surface area contributed by atoms with E-state index in [0.29, 0.717) is 16.6 Å². The van der Waals surface area contributed by atoms with Crippen molar-refractivity contribution in [1.82, 2.24) is 4.98 Å². The number of hydrogen-bond donors (Lipinski definition) is 1. The number of carbonyl (C=O) groups excluding carboxylic acids is 1. The van der Waals surface area contributed by atoms with E-state index in [1.165, 1.54) is 16.9 Å². The lowest BCUT2D eigenvalue weighted by Gasteiger charge is -2.30. The molecule has 1 aromatic heterocycles. The van der Waals surface area contributed by atoms with Gasteiger partial charge in [0.25, 0.3) is 5.91 Å². The average Bonchev–Trinajstić information content (AvgIpc) is 3.08. The molecule has 1 amide bonds. The molecule has 4 rings (SSSR count). The van der Waals surface area contributed by atoms with Crippen LogP contribution in [0.5, 0.6) is 11.5 Å². The average molecular weight is 366 g/mol. The number of carbonyl (C=O) groups is 1. The summed E-state index contributed by atoms with van der Waals surface area (Å²) in [6.45, 7) is 1.82. The molecule has 5 nitrogen and oxygen atoms in total. The second kappa shape index (κ2) is 7.17. The number of anilines is 1. The minimum Gasteiger partial charge on any atom is -0.482 e. The van der Waals surface area contributed by atoms with Crippen molar-refractivity contribution in [2.75, 3.05) is 5.32 Å². The summed E-state index contributed by atoms with van der Waals surface area (Å²) in [7, 11) is 0. The number of thiazole rings is 1. The second-order valence-corrected chi connectivity index (χ2v) is 7.21. The molecule has 2 atom stereocenters. The number of nitrogens with one attached hydrogen (secondary N) is 1. The summed E-state index contributed by atoms with van der Waals surface area (Å²) in [5.41, 5.74) is 1.21. The van der Waals surface area contributed by atoms with E-state index in [9.17, 15) is 4.79 Å². The van der Waals surface area contributed by atoms with Crippen LogP contribution in [0.3, 0.4) is 0 Å². The zero-order chi connectivity index (χ0) is 17.9. The molecule has 0 radical (unpaired) electrons. The molecule has 1 aliphatic rings. The van der Waals surface area contributed by atoms with Gasteiger partial charge in [0, 0.05) is 17.5 Å². The lowest BCUT2D eigenvalue weighted by Crippen LogP contribution is -2.46. The van der Waals surface area contributed by atoms with E-state index < -0.39 is 6.10 Å². The van der Waals surface area contributed by atoms with Crippen LogP contribution < -0.4 is 14.8 Å². The summed E-state index contributed by atoms with van der Waals surface area (Å²) in [5.74, 6) is 0.978. The molecular weight excluding hydrogens is 348 g/mol. The van der Waals surface area contributed by atoms with E-state index in [-0.39, 0.29) is 12.0 Å². The monoisotopic (exact) mass is 366 g/mol. The van der Waals surface area contributed by atoms with Crippen LogP contribution in [0.25, 0.3) is 0 Å². The first-order chi connectivity index (χ1) is 12.7. The molecule has 6 heteroatoms. The number of aromatic nitrogens is 1. The van der Waals surface area contributed by atoms with Crippen LogP contribution in [0, 0.1) is 0 Å². The van der Waals surface area contributed by atoms with Crippen molar-refractivity contribution in [1.29, 1.82) is 0 Å². The van der Waals surface area contributed by atoms with Crippen LogP contribution in [-0.2, 0) is 11.2 Å². The van der Waals surface area contributed by atoms with Gasteiger partial charge in [-0.25, -0.2) is 4.98 Å². The first kappa shape index (κ1) is 16.6. The Morgan fingerprint density at radius 2 is 1.77 bits per heavy atom. The maximum absolute atomic E-state index is 12.6. The summed E-state index contributed by atoms with van der Waals surface area (Å²) in [6.07, 6.45) is 1.49. The maximum Gasteiger partial charge on any atom is 0.271 e. The maximum atomic E-state index is 12.6. The van der Waals surface area contributed by atoms with Gasteiger partial charge in [-0.2, -0.15) is 0 Å². The highest BCUT2D eigenvalue weighted by molar-refractivity contribution is 7.15. The predicted octanol–water partition coefficient (Wildman–Crippen LogP) is 3.90. The molecule has 26 heavy (non-hydrogen) atoms. The van der Waals surface area contributed by atoms with Gasteiger partial charge in [-0.05, 0) is 24.6 Å².